The van der Waals surface area contributed by atoms with Crippen molar-refractivity contribution in [2.45, 2.75) is 6.92 Å². The number of nitrogens with one attached hydrogen (secondary N) is 1. The summed E-state index contributed by atoms with van der Waals surface area (Å²) < 4.78 is 18.7. The van der Waals surface area contributed by atoms with Gasteiger partial charge in [-0.25, -0.2) is 9.37 Å². The summed E-state index contributed by atoms with van der Waals surface area (Å²) in [5.41, 5.74) is 6.82. The smallest absolute Gasteiger partial charge is 0.167 e. The predicted molar refractivity (Wildman–Crippen MR) is 69.5 cm³/mol. The number of nitrogens with zero attached hydrogens (tertiary/aromatic N) is 1. The summed E-state index contributed by atoms with van der Waals surface area (Å²) >= 11 is 0. The molecule has 94 valence electrons. The number of benzene rings is 1. The molecule has 0 radical (unpaired) electrons. The zero-order chi connectivity index (χ0) is 13.0. The first-order chi connectivity index (χ1) is 8.70. The second-order valence-corrected chi connectivity index (χ2v) is 3.64. The van der Waals surface area contributed by atoms with Gasteiger partial charge in [0.1, 0.15) is 0 Å². The van der Waals surface area contributed by atoms with E-state index < -0.39 is 5.82 Å². The molecule has 0 fully saturated rings. The summed E-state index contributed by atoms with van der Waals surface area (Å²) in [5.74, 6) is 0.314. The summed E-state index contributed by atoms with van der Waals surface area (Å²) in [6, 6.07) is 8.08. The fourth-order valence-electron chi connectivity index (χ4n) is 1.51. The van der Waals surface area contributed by atoms with Gasteiger partial charge in [0.05, 0.1) is 12.3 Å². The van der Waals surface area contributed by atoms with E-state index in [4.69, 9.17) is 10.5 Å². The molecule has 1 aromatic heterocycles. The van der Waals surface area contributed by atoms with Crippen LogP contribution in [-0.4, -0.2) is 11.6 Å². The van der Waals surface area contributed by atoms with Crippen molar-refractivity contribution in [1.29, 1.82) is 0 Å². The normalized spacial score (nSPS) is 10.1. The molecule has 2 aromatic rings. The number of ether oxygens (including phenoxy) is 1. The van der Waals surface area contributed by atoms with Gasteiger partial charge < -0.3 is 15.8 Å². The third-order valence-electron chi connectivity index (χ3n) is 2.33. The van der Waals surface area contributed by atoms with Crippen molar-refractivity contribution in [2.24, 2.45) is 0 Å². The molecule has 0 saturated heterocycles. The number of pyridine rings is 1. The number of nitrogen functional groups attached to an aromatic ring is 1. The number of anilines is 3. The quantitative estimate of drug-likeness (QED) is 0.872. The van der Waals surface area contributed by atoms with Gasteiger partial charge in [-0.3, -0.25) is 0 Å². The Hall–Kier alpha value is -2.30. The third kappa shape index (κ3) is 2.68. The first-order valence-corrected chi connectivity index (χ1v) is 5.60. The molecule has 0 aliphatic rings. The Morgan fingerprint density at radius 1 is 1.39 bits per heavy atom. The van der Waals surface area contributed by atoms with Gasteiger partial charge in [0.25, 0.3) is 0 Å². The van der Waals surface area contributed by atoms with Crippen LogP contribution >= 0.6 is 0 Å². The van der Waals surface area contributed by atoms with Crippen LogP contribution < -0.4 is 15.8 Å². The summed E-state index contributed by atoms with van der Waals surface area (Å²) in [5, 5.41) is 2.95. The molecule has 0 saturated carbocycles. The van der Waals surface area contributed by atoms with E-state index in [9.17, 15) is 4.39 Å². The van der Waals surface area contributed by atoms with Crippen LogP contribution in [-0.2, 0) is 0 Å². The van der Waals surface area contributed by atoms with Gasteiger partial charge in [-0.05, 0) is 31.2 Å². The average Bonchev–Trinajstić information content (AvgIpc) is 2.36. The lowest BCUT2D eigenvalue weighted by Gasteiger charge is -2.09. The highest BCUT2D eigenvalue weighted by molar-refractivity contribution is 5.68. The lowest BCUT2D eigenvalue weighted by Crippen LogP contribution is -2.00. The fraction of sp³-hybridized carbons (Fsp3) is 0.154. The van der Waals surface area contributed by atoms with Crippen LogP contribution in [0.4, 0.5) is 21.6 Å². The van der Waals surface area contributed by atoms with Crippen LogP contribution in [0.15, 0.2) is 36.5 Å². The maximum absolute atomic E-state index is 13.6. The Labute approximate surface area is 105 Å². The Morgan fingerprint density at radius 2 is 2.22 bits per heavy atom. The van der Waals surface area contributed by atoms with Gasteiger partial charge in [0.2, 0.25) is 0 Å². The van der Waals surface area contributed by atoms with Gasteiger partial charge in [-0.2, -0.15) is 0 Å². The molecule has 1 aromatic carbocycles. The summed E-state index contributed by atoms with van der Waals surface area (Å²) in [7, 11) is 0. The fourth-order valence-corrected chi connectivity index (χ4v) is 1.51. The van der Waals surface area contributed by atoms with Crippen LogP contribution in [0.5, 0.6) is 5.75 Å². The second kappa shape index (κ2) is 5.35. The van der Waals surface area contributed by atoms with Crippen molar-refractivity contribution in [1.82, 2.24) is 4.98 Å². The maximum atomic E-state index is 13.6. The topological polar surface area (TPSA) is 60.2 Å². The predicted octanol–water partition coefficient (Wildman–Crippen LogP) is 2.95. The lowest BCUT2D eigenvalue weighted by atomic mass is 10.2. The Kier molecular flexibility index (Phi) is 3.62. The van der Waals surface area contributed by atoms with Crippen molar-refractivity contribution >= 4 is 17.2 Å². The molecular formula is C13H14FN3O. The molecule has 1 heterocycles. The minimum Gasteiger partial charge on any atom is -0.491 e. The average molecular weight is 247 g/mol. The second-order valence-electron chi connectivity index (χ2n) is 3.64. The Morgan fingerprint density at radius 3 is 2.89 bits per heavy atom. The number of hydrogen-bond acceptors (Lipinski definition) is 4. The monoisotopic (exact) mass is 247 g/mol. The Bertz CT molecular complexity index is 546. The van der Waals surface area contributed by atoms with E-state index >= 15 is 0 Å². The van der Waals surface area contributed by atoms with Gasteiger partial charge in [0.15, 0.2) is 17.4 Å². The summed E-state index contributed by atoms with van der Waals surface area (Å²) in [6.07, 6.45) is 1.61. The number of aromatic nitrogens is 1. The molecule has 0 unspecified atom stereocenters. The van der Waals surface area contributed by atoms with Crippen molar-refractivity contribution < 1.29 is 9.13 Å². The van der Waals surface area contributed by atoms with Crippen molar-refractivity contribution in [3.63, 3.8) is 0 Å². The highest BCUT2D eigenvalue weighted by Gasteiger charge is 2.05. The molecule has 18 heavy (non-hydrogen) atoms. The number of nitrogens with two attached hydrogens (primary N) is 1. The molecule has 0 atom stereocenters. The van der Waals surface area contributed by atoms with E-state index in [2.05, 4.69) is 10.3 Å². The summed E-state index contributed by atoms with van der Waals surface area (Å²) in [4.78, 5) is 4.07. The third-order valence-corrected chi connectivity index (χ3v) is 2.33. The highest BCUT2D eigenvalue weighted by Crippen LogP contribution is 2.25. The molecule has 4 nitrogen and oxygen atoms in total. The molecular weight excluding hydrogens is 233 g/mol. The molecule has 0 amide bonds. The summed E-state index contributed by atoms with van der Waals surface area (Å²) in [6.45, 7) is 2.23. The van der Waals surface area contributed by atoms with E-state index in [-0.39, 0.29) is 5.75 Å². The molecule has 0 spiro atoms. The van der Waals surface area contributed by atoms with Crippen LogP contribution in [0.1, 0.15) is 6.92 Å². The highest BCUT2D eigenvalue weighted by atomic mass is 19.1. The van der Waals surface area contributed by atoms with Gasteiger partial charge in [0, 0.05) is 18.0 Å². The van der Waals surface area contributed by atoms with E-state index in [1.165, 1.54) is 6.07 Å². The number of halogens is 1. The molecule has 3 N–H and O–H groups in total. The van der Waals surface area contributed by atoms with E-state index in [0.29, 0.717) is 23.8 Å². The largest absolute Gasteiger partial charge is 0.491 e. The zero-order valence-corrected chi connectivity index (χ0v) is 9.98. The van der Waals surface area contributed by atoms with E-state index in [1.807, 2.05) is 0 Å². The van der Waals surface area contributed by atoms with Gasteiger partial charge >= 0.3 is 0 Å². The molecule has 2 rings (SSSR count). The number of hydrogen-bond donors (Lipinski definition) is 2. The minimum absolute atomic E-state index is 0.233. The molecule has 0 aliphatic carbocycles. The first-order valence-electron chi connectivity index (χ1n) is 5.60. The van der Waals surface area contributed by atoms with Crippen LogP contribution in [0.3, 0.4) is 0 Å². The standard InChI is InChI=1S/C13H14FN3O/c1-2-18-12-6-5-9(8-10(12)14)17-13-11(15)4-3-7-16-13/h3-8H,2,15H2,1H3,(H,16,17). The van der Waals surface area contributed by atoms with Gasteiger partial charge in [-0.1, -0.05) is 0 Å². The van der Waals surface area contributed by atoms with E-state index in [0.717, 1.165) is 0 Å². The first kappa shape index (κ1) is 12.2. The molecule has 0 bridgehead atoms. The molecule has 0 aliphatic heterocycles. The lowest BCUT2D eigenvalue weighted by molar-refractivity contribution is 0.321. The maximum Gasteiger partial charge on any atom is 0.167 e. The van der Waals surface area contributed by atoms with Crippen molar-refractivity contribution in [2.75, 3.05) is 17.7 Å². The van der Waals surface area contributed by atoms with Crippen molar-refractivity contribution in [3.8, 4) is 5.75 Å². The SMILES string of the molecule is CCOc1ccc(Nc2ncccc2N)cc1F. The minimum atomic E-state index is -0.420. The zero-order valence-electron chi connectivity index (χ0n) is 9.98. The van der Waals surface area contributed by atoms with E-state index in [1.54, 1.807) is 37.4 Å². The van der Waals surface area contributed by atoms with Crippen LogP contribution in [0, 0.1) is 5.82 Å². The van der Waals surface area contributed by atoms with Gasteiger partial charge in [-0.15, -0.1) is 0 Å². The van der Waals surface area contributed by atoms with Crippen molar-refractivity contribution in [3.05, 3.63) is 42.3 Å². The number of rotatable bonds is 4. The van der Waals surface area contributed by atoms with Crippen LogP contribution in [0.25, 0.3) is 0 Å². The Balaban J connectivity index is 2.20. The molecule has 5 heteroatoms. The van der Waals surface area contributed by atoms with Crippen LogP contribution in [0.2, 0.25) is 0 Å².